The van der Waals surface area contributed by atoms with Gasteiger partial charge in [0, 0.05) is 12.3 Å². The van der Waals surface area contributed by atoms with Gasteiger partial charge in [-0.25, -0.2) is 0 Å². The van der Waals surface area contributed by atoms with E-state index in [9.17, 15) is 9.90 Å². The van der Waals surface area contributed by atoms with Crippen LogP contribution in [0.1, 0.15) is 12.8 Å². The molecular formula is C11H14O3. The zero-order chi connectivity index (χ0) is 10.1. The Hall–Kier alpha value is -1.09. The SMILES string of the molecule is C=CC[C@@H]1OC(=O)[C@H]2C=C[C@H](O)C[C@@H]12. The predicted molar refractivity (Wildman–Crippen MR) is 51.4 cm³/mol. The van der Waals surface area contributed by atoms with Crippen molar-refractivity contribution in [3.05, 3.63) is 24.8 Å². The third kappa shape index (κ3) is 1.48. The van der Waals surface area contributed by atoms with Crippen molar-refractivity contribution in [2.75, 3.05) is 0 Å². The van der Waals surface area contributed by atoms with Gasteiger partial charge in [-0.15, -0.1) is 6.58 Å². The number of aliphatic hydroxyl groups excluding tert-OH is 1. The molecule has 0 spiro atoms. The topological polar surface area (TPSA) is 46.5 Å². The Kier molecular flexibility index (Phi) is 2.42. The lowest BCUT2D eigenvalue weighted by molar-refractivity contribution is -0.143. The highest BCUT2D eigenvalue weighted by atomic mass is 16.6. The fraction of sp³-hybridized carbons (Fsp3) is 0.545. The summed E-state index contributed by atoms with van der Waals surface area (Å²) in [4.78, 5) is 11.4. The monoisotopic (exact) mass is 194 g/mol. The van der Waals surface area contributed by atoms with E-state index in [2.05, 4.69) is 6.58 Å². The summed E-state index contributed by atoms with van der Waals surface area (Å²) in [5.41, 5.74) is 0. The highest BCUT2D eigenvalue weighted by Gasteiger charge is 2.44. The second-order valence-electron chi connectivity index (χ2n) is 3.88. The quantitative estimate of drug-likeness (QED) is 0.527. The molecule has 1 fully saturated rings. The van der Waals surface area contributed by atoms with Gasteiger partial charge in [0.25, 0.3) is 0 Å². The van der Waals surface area contributed by atoms with Gasteiger partial charge in [-0.2, -0.15) is 0 Å². The maximum Gasteiger partial charge on any atom is 0.313 e. The van der Waals surface area contributed by atoms with Crippen molar-refractivity contribution in [1.82, 2.24) is 0 Å². The Bertz CT molecular complexity index is 282. The Labute approximate surface area is 83.1 Å². The minimum Gasteiger partial charge on any atom is -0.461 e. The van der Waals surface area contributed by atoms with Crippen LogP contribution in [0.25, 0.3) is 0 Å². The van der Waals surface area contributed by atoms with Gasteiger partial charge < -0.3 is 9.84 Å². The number of aliphatic hydroxyl groups is 1. The molecule has 0 saturated carbocycles. The number of cyclic esters (lactones) is 1. The molecule has 0 aromatic rings. The first-order valence-corrected chi connectivity index (χ1v) is 4.90. The molecule has 3 heteroatoms. The summed E-state index contributed by atoms with van der Waals surface area (Å²) in [7, 11) is 0. The van der Waals surface area contributed by atoms with Crippen LogP contribution in [0, 0.1) is 11.8 Å². The number of esters is 1. The van der Waals surface area contributed by atoms with E-state index < -0.39 is 6.10 Å². The molecule has 0 bridgehead atoms. The lowest BCUT2D eigenvalue weighted by atomic mass is 9.80. The van der Waals surface area contributed by atoms with Crippen molar-refractivity contribution in [3.63, 3.8) is 0 Å². The van der Waals surface area contributed by atoms with E-state index in [4.69, 9.17) is 4.74 Å². The molecule has 0 aromatic heterocycles. The van der Waals surface area contributed by atoms with E-state index in [1.54, 1.807) is 18.2 Å². The Morgan fingerprint density at radius 1 is 1.64 bits per heavy atom. The van der Waals surface area contributed by atoms with Crippen molar-refractivity contribution in [2.45, 2.75) is 25.0 Å². The van der Waals surface area contributed by atoms with E-state index in [1.807, 2.05) is 0 Å². The average molecular weight is 194 g/mol. The van der Waals surface area contributed by atoms with E-state index in [-0.39, 0.29) is 23.9 Å². The summed E-state index contributed by atoms with van der Waals surface area (Å²) in [6.45, 7) is 3.63. The van der Waals surface area contributed by atoms with Crippen LogP contribution in [-0.4, -0.2) is 23.3 Å². The third-order valence-corrected chi connectivity index (χ3v) is 2.93. The molecule has 2 aliphatic rings. The molecule has 76 valence electrons. The van der Waals surface area contributed by atoms with Crippen molar-refractivity contribution >= 4 is 5.97 Å². The number of hydrogen-bond acceptors (Lipinski definition) is 3. The number of ether oxygens (including phenoxy) is 1. The predicted octanol–water partition coefficient (Wildman–Crippen LogP) is 1.04. The maximum absolute atomic E-state index is 11.4. The third-order valence-electron chi connectivity index (χ3n) is 2.93. The Balaban J connectivity index is 2.16. The van der Waals surface area contributed by atoms with Gasteiger partial charge in [-0.3, -0.25) is 4.79 Å². The van der Waals surface area contributed by atoms with Gasteiger partial charge in [0.05, 0.1) is 12.0 Å². The van der Waals surface area contributed by atoms with Gasteiger partial charge >= 0.3 is 5.97 Å². The zero-order valence-corrected chi connectivity index (χ0v) is 7.93. The molecule has 2 rings (SSSR count). The van der Waals surface area contributed by atoms with E-state index in [0.717, 1.165) is 0 Å². The molecule has 1 heterocycles. The molecule has 14 heavy (non-hydrogen) atoms. The van der Waals surface area contributed by atoms with Crippen LogP contribution in [0.2, 0.25) is 0 Å². The molecule has 1 aliphatic carbocycles. The lowest BCUT2D eigenvalue weighted by Gasteiger charge is -2.23. The zero-order valence-electron chi connectivity index (χ0n) is 7.93. The summed E-state index contributed by atoms with van der Waals surface area (Å²) in [6.07, 6.45) is 5.97. The van der Waals surface area contributed by atoms with Crippen LogP contribution in [0.15, 0.2) is 24.8 Å². The molecule has 1 saturated heterocycles. The van der Waals surface area contributed by atoms with Gasteiger partial charge in [-0.05, 0) is 6.42 Å². The van der Waals surface area contributed by atoms with Gasteiger partial charge in [-0.1, -0.05) is 18.2 Å². The van der Waals surface area contributed by atoms with Crippen LogP contribution >= 0.6 is 0 Å². The first-order chi connectivity index (χ1) is 6.72. The lowest BCUT2D eigenvalue weighted by Crippen LogP contribution is -2.27. The number of carbonyl (C=O) groups is 1. The fourth-order valence-electron chi connectivity index (χ4n) is 2.23. The van der Waals surface area contributed by atoms with Crippen LogP contribution in [0.5, 0.6) is 0 Å². The summed E-state index contributed by atoms with van der Waals surface area (Å²) in [5.74, 6) is -0.186. The smallest absolute Gasteiger partial charge is 0.313 e. The van der Waals surface area contributed by atoms with Crippen molar-refractivity contribution in [1.29, 1.82) is 0 Å². The molecule has 0 radical (unpaired) electrons. The molecule has 4 atom stereocenters. The molecule has 1 N–H and O–H groups in total. The summed E-state index contributed by atoms with van der Waals surface area (Å²) >= 11 is 0. The van der Waals surface area contributed by atoms with E-state index in [1.165, 1.54) is 0 Å². The van der Waals surface area contributed by atoms with Gasteiger partial charge in [0.15, 0.2) is 0 Å². The maximum atomic E-state index is 11.4. The van der Waals surface area contributed by atoms with Crippen LogP contribution in [-0.2, 0) is 9.53 Å². The van der Waals surface area contributed by atoms with Crippen LogP contribution in [0.3, 0.4) is 0 Å². The van der Waals surface area contributed by atoms with Crippen molar-refractivity contribution in [3.8, 4) is 0 Å². The first-order valence-electron chi connectivity index (χ1n) is 4.90. The summed E-state index contributed by atoms with van der Waals surface area (Å²) in [5, 5.41) is 9.45. The fourth-order valence-corrected chi connectivity index (χ4v) is 2.23. The second-order valence-corrected chi connectivity index (χ2v) is 3.88. The summed E-state index contributed by atoms with van der Waals surface area (Å²) in [6, 6.07) is 0. The van der Waals surface area contributed by atoms with Crippen LogP contribution < -0.4 is 0 Å². The second kappa shape index (κ2) is 3.58. The normalized spacial score (nSPS) is 40.5. The largest absolute Gasteiger partial charge is 0.461 e. The standard InChI is InChI=1S/C11H14O3/c1-2-3-10-9-6-7(12)4-5-8(9)11(13)14-10/h2,4-5,7-10,12H,1,3,6H2/t7-,8-,9+,10-/m0/s1. The average Bonchev–Trinajstić information content (AvgIpc) is 2.44. The number of carbonyl (C=O) groups excluding carboxylic acids is 1. The highest BCUT2D eigenvalue weighted by Crippen LogP contribution is 2.37. The number of fused-ring (bicyclic) bond motifs is 1. The molecular weight excluding hydrogens is 180 g/mol. The molecule has 3 nitrogen and oxygen atoms in total. The molecule has 0 unspecified atom stereocenters. The number of rotatable bonds is 2. The van der Waals surface area contributed by atoms with E-state index in [0.29, 0.717) is 12.8 Å². The first kappa shape index (κ1) is 9.46. The van der Waals surface area contributed by atoms with Gasteiger partial charge in [0.2, 0.25) is 0 Å². The molecule has 0 aromatic carbocycles. The Morgan fingerprint density at radius 3 is 3.14 bits per heavy atom. The Morgan fingerprint density at radius 2 is 2.43 bits per heavy atom. The molecule has 1 aliphatic heterocycles. The van der Waals surface area contributed by atoms with Crippen molar-refractivity contribution in [2.24, 2.45) is 11.8 Å². The minimum absolute atomic E-state index is 0.0930. The van der Waals surface area contributed by atoms with Crippen molar-refractivity contribution < 1.29 is 14.6 Å². The van der Waals surface area contributed by atoms with E-state index >= 15 is 0 Å². The highest BCUT2D eigenvalue weighted by molar-refractivity contribution is 5.77. The van der Waals surface area contributed by atoms with Crippen LogP contribution in [0.4, 0.5) is 0 Å². The minimum atomic E-state index is -0.432. The summed E-state index contributed by atoms with van der Waals surface area (Å²) < 4.78 is 5.22. The molecule has 0 amide bonds. The van der Waals surface area contributed by atoms with Gasteiger partial charge in [0.1, 0.15) is 6.10 Å². The number of hydrogen-bond donors (Lipinski definition) is 1.